The highest BCUT2D eigenvalue weighted by Crippen LogP contribution is 2.13. The summed E-state index contributed by atoms with van der Waals surface area (Å²) in [5, 5.41) is 7.64. The van der Waals surface area contributed by atoms with Gasteiger partial charge in [0, 0.05) is 36.9 Å². The van der Waals surface area contributed by atoms with Crippen molar-refractivity contribution < 1.29 is 9.59 Å². The van der Waals surface area contributed by atoms with E-state index in [0.29, 0.717) is 11.4 Å². The number of carbonyl (C=O) groups excluding carboxylic acids is 2. The van der Waals surface area contributed by atoms with Crippen molar-refractivity contribution in [2.24, 2.45) is 0 Å². The lowest BCUT2D eigenvalue weighted by Gasteiger charge is -2.08. The van der Waals surface area contributed by atoms with Crippen molar-refractivity contribution in [3.63, 3.8) is 0 Å². The number of nitrogens with zero attached hydrogens (tertiary/aromatic N) is 1. The molecule has 0 saturated heterocycles. The number of benzene rings is 1. The molecule has 8 nitrogen and oxygen atoms in total. The summed E-state index contributed by atoms with van der Waals surface area (Å²) in [7, 11) is 0. The van der Waals surface area contributed by atoms with Crippen LogP contribution in [0.15, 0.2) is 46.0 Å². The molecular formula is C15H16N4O4. The minimum Gasteiger partial charge on any atom is -0.326 e. The van der Waals surface area contributed by atoms with E-state index in [1.54, 1.807) is 24.3 Å². The fraction of sp³-hybridized carbons (Fsp3) is 0.200. The molecule has 8 heteroatoms. The summed E-state index contributed by atoms with van der Waals surface area (Å²) in [5.74, 6) is -0.474. The lowest BCUT2D eigenvalue weighted by atomic mass is 10.2. The summed E-state index contributed by atoms with van der Waals surface area (Å²) < 4.78 is 1.09. The molecule has 120 valence electrons. The minimum atomic E-state index is -0.404. The molecule has 0 fully saturated rings. The van der Waals surface area contributed by atoms with E-state index in [9.17, 15) is 19.2 Å². The first-order valence-corrected chi connectivity index (χ1v) is 6.92. The Morgan fingerprint density at radius 2 is 1.61 bits per heavy atom. The lowest BCUT2D eigenvalue weighted by molar-refractivity contribution is -0.116. The second-order valence-electron chi connectivity index (χ2n) is 4.86. The van der Waals surface area contributed by atoms with E-state index in [1.165, 1.54) is 6.92 Å². The highest BCUT2D eigenvalue weighted by atomic mass is 16.2. The number of aryl methyl sites for hydroxylation is 1. The first kappa shape index (κ1) is 16.2. The number of amides is 2. The first-order valence-electron chi connectivity index (χ1n) is 6.92. The van der Waals surface area contributed by atoms with Gasteiger partial charge in [-0.25, -0.2) is 4.68 Å². The third kappa shape index (κ3) is 4.95. The van der Waals surface area contributed by atoms with E-state index < -0.39 is 5.56 Å². The van der Waals surface area contributed by atoms with Gasteiger partial charge in [-0.2, -0.15) is 0 Å². The summed E-state index contributed by atoms with van der Waals surface area (Å²) in [5.41, 5.74) is 0.414. The van der Waals surface area contributed by atoms with Gasteiger partial charge in [0.1, 0.15) is 0 Å². The average molecular weight is 316 g/mol. The molecule has 1 aromatic heterocycles. The van der Waals surface area contributed by atoms with Gasteiger partial charge in [0.2, 0.25) is 11.8 Å². The summed E-state index contributed by atoms with van der Waals surface area (Å²) in [6.07, 6.45) is 0.0350. The van der Waals surface area contributed by atoms with Crippen LogP contribution in [0.1, 0.15) is 13.3 Å². The zero-order valence-corrected chi connectivity index (χ0v) is 12.5. The zero-order valence-electron chi connectivity index (χ0n) is 12.5. The van der Waals surface area contributed by atoms with Crippen LogP contribution < -0.4 is 21.8 Å². The number of hydrogen-bond donors (Lipinski definition) is 3. The standard InChI is InChI=1S/C15H16N4O4/c1-10(20)16-11-2-4-12(5-3-11)17-13(21)8-9-19-15(23)7-6-14(22)18-19/h2-7H,8-9H2,1H3,(H,16,20)(H,17,21)(H,18,22). The molecule has 0 saturated carbocycles. The van der Waals surface area contributed by atoms with Crippen molar-refractivity contribution in [1.29, 1.82) is 0 Å². The summed E-state index contributed by atoms with van der Waals surface area (Å²) in [6, 6.07) is 8.92. The molecule has 0 aliphatic carbocycles. The molecular weight excluding hydrogens is 300 g/mol. The quantitative estimate of drug-likeness (QED) is 0.746. The topological polar surface area (TPSA) is 113 Å². The molecule has 0 radical (unpaired) electrons. The zero-order chi connectivity index (χ0) is 16.8. The van der Waals surface area contributed by atoms with Crippen LogP contribution in [-0.2, 0) is 16.1 Å². The smallest absolute Gasteiger partial charge is 0.265 e. The van der Waals surface area contributed by atoms with E-state index in [1.807, 2.05) is 0 Å². The monoisotopic (exact) mass is 316 g/mol. The van der Waals surface area contributed by atoms with Crippen molar-refractivity contribution in [3.8, 4) is 0 Å². The molecule has 1 heterocycles. The van der Waals surface area contributed by atoms with Gasteiger partial charge in [-0.05, 0) is 24.3 Å². The molecule has 0 aliphatic rings. The molecule has 2 amide bonds. The molecule has 2 rings (SSSR count). The van der Waals surface area contributed by atoms with Gasteiger partial charge in [-0.3, -0.25) is 24.3 Å². The minimum absolute atomic E-state index is 0.0350. The number of rotatable bonds is 5. The first-order chi connectivity index (χ1) is 10.9. The van der Waals surface area contributed by atoms with Crippen molar-refractivity contribution in [3.05, 3.63) is 57.1 Å². The molecule has 23 heavy (non-hydrogen) atoms. The van der Waals surface area contributed by atoms with Crippen LogP contribution in [0.5, 0.6) is 0 Å². The van der Waals surface area contributed by atoms with Gasteiger partial charge in [0.05, 0.1) is 6.54 Å². The molecule has 0 aliphatic heterocycles. The van der Waals surface area contributed by atoms with Gasteiger partial charge in [-0.15, -0.1) is 0 Å². The van der Waals surface area contributed by atoms with Gasteiger partial charge >= 0.3 is 0 Å². The Balaban J connectivity index is 1.92. The number of anilines is 2. The Hall–Kier alpha value is -3.16. The van der Waals surface area contributed by atoms with Crippen molar-refractivity contribution in [1.82, 2.24) is 9.78 Å². The number of aromatic nitrogens is 2. The van der Waals surface area contributed by atoms with Crippen LogP contribution in [0.4, 0.5) is 11.4 Å². The Kier molecular flexibility index (Phi) is 5.08. The maximum absolute atomic E-state index is 11.9. The number of aromatic amines is 1. The average Bonchev–Trinajstić information content (AvgIpc) is 2.50. The Bertz CT molecular complexity index is 820. The van der Waals surface area contributed by atoms with E-state index in [-0.39, 0.29) is 30.3 Å². The summed E-state index contributed by atoms with van der Waals surface area (Å²) in [6.45, 7) is 1.48. The molecule has 0 bridgehead atoms. The number of carbonyl (C=O) groups is 2. The molecule has 1 aromatic carbocycles. The highest BCUT2D eigenvalue weighted by Gasteiger charge is 2.05. The van der Waals surface area contributed by atoms with Gasteiger partial charge < -0.3 is 10.6 Å². The predicted octanol–water partition coefficient (Wildman–Crippen LogP) is 0.524. The second-order valence-corrected chi connectivity index (χ2v) is 4.86. The summed E-state index contributed by atoms with van der Waals surface area (Å²) >= 11 is 0. The Labute approximate surface area is 131 Å². The SMILES string of the molecule is CC(=O)Nc1ccc(NC(=O)CCn2[nH]c(=O)ccc2=O)cc1. The van der Waals surface area contributed by atoms with Crippen molar-refractivity contribution >= 4 is 23.2 Å². The maximum Gasteiger partial charge on any atom is 0.265 e. The van der Waals surface area contributed by atoms with Gasteiger partial charge in [0.15, 0.2) is 0 Å². The normalized spacial score (nSPS) is 10.1. The van der Waals surface area contributed by atoms with Crippen LogP contribution in [0.3, 0.4) is 0 Å². The number of hydrogen-bond acceptors (Lipinski definition) is 4. The highest BCUT2D eigenvalue weighted by molar-refractivity contribution is 5.92. The van der Waals surface area contributed by atoms with E-state index in [4.69, 9.17) is 0 Å². The Morgan fingerprint density at radius 1 is 1.00 bits per heavy atom. The largest absolute Gasteiger partial charge is 0.326 e. The van der Waals surface area contributed by atoms with Crippen LogP contribution >= 0.6 is 0 Å². The van der Waals surface area contributed by atoms with Gasteiger partial charge in [-0.1, -0.05) is 0 Å². The van der Waals surface area contributed by atoms with E-state index >= 15 is 0 Å². The van der Waals surface area contributed by atoms with Crippen LogP contribution in [0, 0.1) is 0 Å². The maximum atomic E-state index is 11.9. The predicted molar refractivity (Wildman–Crippen MR) is 85.3 cm³/mol. The second kappa shape index (κ2) is 7.21. The van der Waals surface area contributed by atoms with Crippen LogP contribution in [0.2, 0.25) is 0 Å². The van der Waals surface area contributed by atoms with Crippen molar-refractivity contribution in [2.45, 2.75) is 19.9 Å². The number of H-pyrrole nitrogens is 1. The van der Waals surface area contributed by atoms with Crippen LogP contribution in [-0.4, -0.2) is 21.6 Å². The number of nitrogens with one attached hydrogen (secondary N) is 3. The molecule has 0 spiro atoms. The van der Waals surface area contributed by atoms with Crippen LogP contribution in [0.25, 0.3) is 0 Å². The Morgan fingerprint density at radius 3 is 2.22 bits per heavy atom. The van der Waals surface area contributed by atoms with Gasteiger partial charge in [0.25, 0.3) is 11.1 Å². The van der Waals surface area contributed by atoms with E-state index in [2.05, 4.69) is 15.7 Å². The summed E-state index contributed by atoms with van der Waals surface area (Å²) in [4.78, 5) is 45.4. The molecule has 0 unspecified atom stereocenters. The fourth-order valence-electron chi connectivity index (χ4n) is 1.91. The molecule has 0 atom stereocenters. The van der Waals surface area contributed by atoms with E-state index in [0.717, 1.165) is 16.8 Å². The molecule has 2 aromatic rings. The lowest BCUT2D eigenvalue weighted by Crippen LogP contribution is -2.29. The third-order valence-corrected chi connectivity index (χ3v) is 2.94. The third-order valence-electron chi connectivity index (χ3n) is 2.94. The fourth-order valence-corrected chi connectivity index (χ4v) is 1.91. The molecule has 3 N–H and O–H groups in total. The van der Waals surface area contributed by atoms with Crippen molar-refractivity contribution in [2.75, 3.05) is 10.6 Å².